The van der Waals surface area contributed by atoms with E-state index < -0.39 is 0 Å². The van der Waals surface area contributed by atoms with Gasteiger partial charge in [-0.25, -0.2) is 0 Å². The van der Waals surface area contributed by atoms with Crippen molar-refractivity contribution < 1.29 is 14.6 Å². The summed E-state index contributed by atoms with van der Waals surface area (Å²) in [4.78, 5) is 12.2. The van der Waals surface area contributed by atoms with Crippen molar-refractivity contribution in [3.63, 3.8) is 0 Å². The van der Waals surface area contributed by atoms with Crippen LogP contribution in [0.15, 0.2) is 42.5 Å². The maximum absolute atomic E-state index is 12.2. The molecule has 6 heteroatoms. The quantitative estimate of drug-likeness (QED) is 0.674. The van der Waals surface area contributed by atoms with Gasteiger partial charge < -0.3 is 15.2 Å². The van der Waals surface area contributed by atoms with Gasteiger partial charge in [-0.3, -0.25) is 9.89 Å². The lowest BCUT2D eigenvalue weighted by Crippen LogP contribution is -2.23. The fraction of sp³-hybridized carbons (Fsp3) is 0.200. The highest BCUT2D eigenvalue weighted by atomic mass is 16.5. The topological polar surface area (TPSA) is 87.2 Å². The molecular weight excluding hydrogens is 330 g/mol. The minimum Gasteiger partial charge on any atom is -0.508 e. The van der Waals surface area contributed by atoms with Crippen LogP contribution in [0.4, 0.5) is 5.82 Å². The van der Waals surface area contributed by atoms with Gasteiger partial charge in [0, 0.05) is 23.5 Å². The maximum atomic E-state index is 12.2. The predicted octanol–water partition coefficient (Wildman–Crippen LogP) is 3.57. The molecule has 1 unspecified atom stereocenters. The molecular formula is C20H19N3O3. The van der Waals surface area contributed by atoms with Gasteiger partial charge in [-0.2, -0.15) is 5.10 Å². The summed E-state index contributed by atoms with van der Waals surface area (Å²) in [7, 11) is 1.63. The van der Waals surface area contributed by atoms with Gasteiger partial charge in [-0.15, -0.1) is 0 Å². The Morgan fingerprint density at radius 1 is 1.23 bits per heavy atom. The Morgan fingerprint density at radius 3 is 2.85 bits per heavy atom. The van der Waals surface area contributed by atoms with E-state index in [1.807, 2.05) is 43.3 Å². The molecule has 0 saturated heterocycles. The van der Waals surface area contributed by atoms with Gasteiger partial charge in [0.05, 0.1) is 12.8 Å². The summed E-state index contributed by atoms with van der Waals surface area (Å²) in [5, 5.41) is 20.0. The van der Waals surface area contributed by atoms with Crippen molar-refractivity contribution in [3.05, 3.63) is 59.2 Å². The second-order valence-electron chi connectivity index (χ2n) is 6.44. The Bertz CT molecular complexity index is 994. The van der Waals surface area contributed by atoms with Crippen LogP contribution in [0, 0.1) is 6.92 Å². The van der Waals surface area contributed by atoms with Gasteiger partial charge >= 0.3 is 0 Å². The number of amides is 1. The minimum atomic E-state index is -0.141. The Kier molecular flexibility index (Phi) is 3.88. The molecule has 6 nitrogen and oxygen atoms in total. The zero-order valence-corrected chi connectivity index (χ0v) is 14.5. The highest BCUT2D eigenvalue weighted by Crippen LogP contribution is 2.42. The second kappa shape index (κ2) is 6.22. The summed E-state index contributed by atoms with van der Waals surface area (Å²) in [5.74, 6) is 1.34. The number of methoxy groups -OCH3 is 1. The summed E-state index contributed by atoms with van der Waals surface area (Å²) in [6.07, 6.45) is 0.327. The zero-order chi connectivity index (χ0) is 18.3. The van der Waals surface area contributed by atoms with E-state index in [0.717, 1.165) is 33.7 Å². The van der Waals surface area contributed by atoms with Gasteiger partial charge in [0.25, 0.3) is 0 Å². The van der Waals surface area contributed by atoms with Crippen LogP contribution in [0.3, 0.4) is 0 Å². The van der Waals surface area contributed by atoms with Crippen LogP contribution in [0.25, 0.3) is 11.3 Å². The molecule has 0 fully saturated rings. The average Bonchev–Trinajstić information content (AvgIpc) is 3.07. The predicted molar refractivity (Wildman–Crippen MR) is 98.5 cm³/mol. The number of benzene rings is 2. The molecule has 0 saturated carbocycles. The lowest BCUT2D eigenvalue weighted by Gasteiger charge is -2.24. The molecule has 2 heterocycles. The number of hydrogen-bond acceptors (Lipinski definition) is 4. The molecule has 26 heavy (non-hydrogen) atoms. The number of aromatic nitrogens is 2. The number of carbonyl (C=O) groups is 1. The highest BCUT2D eigenvalue weighted by molar-refractivity contribution is 5.96. The minimum absolute atomic E-state index is 0.0723. The van der Waals surface area contributed by atoms with Gasteiger partial charge in [0.15, 0.2) is 5.82 Å². The Balaban J connectivity index is 1.86. The first kappa shape index (κ1) is 16.2. The number of nitrogens with zero attached hydrogens (tertiary/aromatic N) is 1. The smallest absolute Gasteiger partial charge is 0.226 e. The van der Waals surface area contributed by atoms with Crippen molar-refractivity contribution in [2.45, 2.75) is 19.3 Å². The molecule has 3 aromatic rings. The average molecular weight is 349 g/mol. The number of hydrogen-bond donors (Lipinski definition) is 3. The molecule has 4 rings (SSSR count). The van der Waals surface area contributed by atoms with E-state index in [2.05, 4.69) is 15.5 Å². The van der Waals surface area contributed by atoms with E-state index in [-0.39, 0.29) is 17.6 Å². The molecule has 1 aliphatic heterocycles. The third-order valence-corrected chi connectivity index (χ3v) is 4.78. The van der Waals surface area contributed by atoms with E-state index >= 15 is 0 Å². The summed E-state index contributed by atoms with van der Waals surface area (Å²) in [6, 6.07) is 13.2. The molecule has 1 aliphatic rings. The van der Waals surface area contributed by atoms with Gasteiger partial charge in [-0.1, -0.05) is 24.3 Å². The summed E-state index contributed by atoms with van der Waals surface area (Å²) < 4.78 is 5.32. The maximum Gasteiger partial charge on any atom is 0.226 e. The van der Waals surface area contributed by atoms with Crippen molar-refractivity contribution in [2.24, 2.45) is 0 Å². The lowest BCUT2D eigenvalue weighted by atomic mass is 9.84. The third kappa shape index (κ3) is 2.69. The van der Waals surface area contributed by atoms with Crippen LogP contribution in [-0.4, -0.2) is 28.3 Å². The number of ether oxygens (including phenoxy) is 1. The number of fused-ring (bicyclic) bond motifs is 1. The summed E-state index contributed by atoms with van der Waals surface area (Å²) >= 11 is 0. The Labute approximate surface area is 150 Å². The number of anilines is 1. The fourth-order valence-electron chi connectivity index (χ4n) is 3.43. The van der Waals surface area contributed by atoms with Crippen LogP contribution in [0.1, 0.15) is 29.0 Å². The summed E-state index contributed by atoms with van der Waals surface area (Å²) in [5.41, 5.74) is 4.50. The van der Waals surface area contributed by atoms with Crippen molar-refractivity contribution in [1.29, 1.82) is 0 Å². The number of phenols is 1. The second-order valence-corrected chi connectivity index (χ2v) is 6.44. The van der Waals surface area contributed by atoms with E-state index in [9.17, 15) is 9.90 Å². The Morgan fingerprint density at radius 2 is 2.08 bits per heavy atom. The molecule has 0 spiro atoms. The number of rotatable bonds is 3. The van der Waals surface area contributed by atoms with E-state index in [1.165, 1.54) is 0 Å². The molecule has 2 aromatic carbocycles. The van der Waals surface area contributed by atoms with Crippen molar-refractivity contribution in [1.82, 2.24) is 10.2 Å². The highest BCUT2D eigenvalue weighted by Gasteiger charge is 2.32. The van der Waals surface area contributed by atoms with Crippen LogP contribution in [0.2, 0.25) is 0 Å². The fourth-order valence-corrected chi connectivity index (χ4v) is 3.43. The van der Waals surface area contributed by atoms with Crippen molar-refractivity contribution >= 4 is 11.7 Å². The normalized spacial score (nSPS) is 16.1. The van der Waals surface area contributed by atoms with Crippen molar-refractivity contribution in [2.75, 3.05) is 12.4 Å². The SMILES string of the molecule is COc1cccc(-c2[nH]nc3c2C(c2ccc(O)c(C)c2)CC(=O)N3)c1. The molecule has 3 N–H and O–H groups in total. The van der Waals surface area contributed by atoms with Crippen LogP contribution < -0.4 is 10.1 Å². The number of nitrogens with one attached hydrogen (secondary N) is 2. The molecule has 132 valence electrons. The first-order valence-electron chi connectivity index (χ1n) is 8.39. The standard InChI is InChI=1S/C20H19N3O3/c1-11-8-12(6-7-16(11)24)15-10-17(25)21-20-18(15)19(22-23-20)13-4-3-5-14(9-13)26-2/h3-9,15,24H,10H2,1-2H3,(H2,21,22,23,25). The van der Waals surface area contributed by atoms with E-state index in [1.54, 1.807) is 13.2 Å². The molecule has 1 aromatic heterocycles. The Hall–Kier alpha value is -3.28. The lowest BCUT2D eigenvalue weighted by molar-refractivity contribution is -0.116. The molecule has 0 bridgehead atoms. The first-order chi connectivity index (χ1) is 12.6. The number of carbonyl (C=O) groups excluding carboxylic acids is 1. The molecule has 0 radical (unpaired) electrons. The van der Waals surface area contributed by atoms with Gasteiger partial charge in [0.2, 0.25) is 5.91 Å². The molecule has 1 amide bonds. The first-order valence-corrected chi connectivity index (χ1v) is 8.39. The largest absolute Gasteiger partial charge is 0.508 e. The van der Waals surface area contributed by atoms with Crippen LogP contribution in [-0.2, 0) is 4.79 Å². The van der Waals surface area contributed by atoms with Gasteiger partial charge in [0.1, 0.15) is 11.5 Å². The molecule has 0 aliphatic carbocycles. The number of aryl methyl sites for hydroxylation is 1. The van der Waals surface area contributed by atoms with E-state index in [4.69, 9.17) is 4.74 Å². The number of aromatic amines is 1. The number of H-pyrrole nitrogens is 1. The van der Waals surface area contributed by atoms with Gasteiger partial charge in [-0.05, 0) is 36.2 Å². The summed E-state index contributed by atoms with van der Waals surface area (Å²) in [6.45, 7) is 1.85. The van der Waals surface area contributed by atoms with Crippen molar-refractivity contribution in [3.8, 4) is 22.8 Å². The number of phenolic OH excluding ortho intramolecular Hbond substituents is 1. The zero-order valence-electron chi connectivity index (χ0n) is 14.5. The van der Waals surface area contributed by atoms with E-state index in [0.29, 0.717) is 12.2 Å². The van der Waals surface area contributed by atoms with Crippen LogP contribution >= 0.6 is 0 Å². The van der Waals surface area contributed by atoms with Crippen LogP contribution in [0.5, 0.6) is 11.5 Å². The third-order valence-electron chi connectivity index (χ3n) is 4.78. The molecule has 1 atom stereocenters. The monoisotopic (exact) mass is 349 g/mol. The number of aromatic hydroxyl groups is 1.